The molecular weight excluding hydrogens is 170 g/mol. The molecule has 0 aliphatic heterocycles. The second-order valence-corrected chi connectivity index (χ2v) is 2.97. The van der Waals surface area contributed by atoms with Crippen molar-refractivity contribution in [3.05, 3.63) is 35.9 Å². The summed E-state index contributed by atoms with van der Waals surface area (Å²) in [6.07, 6.45) is 1.67. The van der Waals surface area contributed by atoms with Gasteiger partial charge in [0.25, 0.3) is 0 Å². The first-order chi connectivity index (χ1) is 9.50. The molecule has 0 amide bonds. The van der Waals surface area contributed by atoms with E-state index in [0.717, 1.165) is 5.56 Å². The predicted octanol–water partition coefficient (Wildman–Crippen LogP) is 2.18. The summed E-state index contributed by atoms with van der Waals surface area (Å²) < 4.78 is 53.2. The average Bonchev–Trinajstić information content (AvgIpc) is 2.25. The molecule has 1 aromatic carbocycles. The maximum Gasteiger partial charge on any atom is 0.124 e. The fraction of sp³-hybridized carbons (Fsp3) is 0.385. The molecule has 0 unspecified atom stereocenters. The highest BCUT2D eigenvalue weighted by Crippen LogP contribution is 2.06. The summed E-state index contributed by atoms with van der Waals surface area (Å²) >= 11 is 0. The number of hydrogen-bond acceptors (Lipinski definition) is 1. The van der Waals surface area contributed by atoms with Crippen LogP contribution in [0, 0.1) is 12.3 Å². The van der Waals surface area contributed by atoms with Gasteiger partial charge in [0, 0.05) is 11.5 Å². The summed E-state index contributed by atoms with van der Waals surface area (Å²) in [6.45, 7) is -4.12. The van der Waals surface area contributed by atoms with Gasteiger partial charge >= 0.3 is 0 Å². The van der Waals surface area contributed by atoms with Crippen molar-refractivity contribution >= 4 is 0 Å². The van der Waals surface area contributed by atoms with Crippen LogP contribution in [0.15, 0.2) is 30.3 Å². The minimum atomic E-state index is -2.85. The van der Waals surface area contributed by atoms with Gasteiger partial charge in [-0.1, -0.05) is 36.3 Å². The summed E-state index contributed by atoms with van der Waals surface area (Å²) in [7, 11) is 0. The summed E-state index contributed by atoms with van der Waals surface area (Å²) in [5.41, 5.74) is 0.721. The molecule has 0 aliphatic rings. The fourth-order valence-corrected chi connectivity index (χ4v) is 1.12. The van der Waals surface area contributed by atoms with Crippen LogP contribution in [0.5, 0.6) is 0 Å². The van der Waals surface area contributed by atoms with E-state index in [0.29, 0.717) is 4.90 Å². The van der Waals surface area contributed by atoms with Gasteiger partial charge in [-0.05, 0) is 25.9 Å². The third-order valence-electron chi connectivity index (χ3n) is 1.85. The van der Waals surface area contributed by atoms with Crippen molar-refractivity contribution in [3.63, 3.8) is 0 Å². The lowest BCUT2D eigenvalue weighted by Crippen LogP contribution is -2.31. The molecule has 0 heterocycles. The summed E-state index contributed by atoms with van der Waals surface area (Å²) in [5, 5.41) is 0. The number of nitrogens with zero attached hydrogens (tertiary/aromatic N) is 1. The van der Waals surface area contributed by atoms with E-state index in [-0.39, 0.29) is 6.42 Å². The Labute approximate surface area is 96.6 Å². The minimum Gasteiger partial charge on any atom is -0.292 e. The van der Waals surface area contributed by atoms with Crippen LogP contribution in [0.1, 0.15) is 22.1 Å². The largest absolute Gasteiger partial charge is 0.292 e. The Kier molecular flexibility index (Phi) is 1.76. The van der Waals surface area contributed by atoms with Gasteiger partial charge in [-0.25, -0.2) is 0 Å². The first-order valence-electron chi connectivity index (χ1n) is 7.79. The Morgan fingerprint density at radius 2 is 2.50 bits per heavy atom. The van der Waals surface area contributed by atoms with Gasteiger partial charge in [-0.15, -0.1) is 6.40 Å². The Morgan fingerprint density at radius 3 is 3.14 bits per heavy atom. The smallest absolute Gasteiger partial charge is 0.124 e. The monoisotopic (exact) mass is 194 g/mol. The van der Waals surface area contributed by atoms with E-state index in [1.165, 1.54) is 6.92 Å². The van der Waals surface area contributed by atoms with Crippen molar-refractivity contribution in [3.8, 4) is 12.3 Å². The molecule has 0 spiro atoms. The molecule has 0 aromatic heterocycles. The van der Waals surface area contributed by atoms with E-state index in [1.807, 2.05) is 5.92 Å². The van der Waals surface area contributed by atoms with Crippen molar-refractivity contribution in [1.82, 2.24) is 4.90 Å². The molecule has 0 N–H and O–H groups in total. The lowest BCUT2D eigenvalue weighted by molar-refractivity contribution is 0.287. The predicted molar refractivity (Wildman–Crippen MR) is 61.1 cm³/mol. The van der Waals surface area contributed by atoms with Gasteiger partial charge in [0.2, 0.25) is 0 Å². The van der Waals surface area contributed by atoms with Gasteiger partial charge in [0.1, 0.15) is 1.37 Å². The normalized spacial score (nSPS) is 23.4. The molecule has 1 aromatic rings. The van der Waals surface area contributed by atoms with E-state index in [4.69, 9.17) is 9.60 Å². The second kappa shape index (κ2) is 5.47. The highest BCUT2D eigenvalue weighted by atomic mass is 15.1. The lowest BCUT2D eigenvalue weighted by atomic mass is 10.1. The van der Waals surface area contributed by atoms with Crippen molar-refractivity contribution in [1.29, 1.82) is 0 Å². The number of terminal acetylenes is 1. The van der Waals surface area contributed by atoms with Crippen LogP contribution in [0.4, 0.5) is 0 Å². The maximum atomic E-state index is 8.31. The molecule has 0 saturated heterocycles. The molecule has 74 valence electrons. The van der Waals surface area contributed by atoms with Crippen molar-refractivity contribution in [2.75, 3.05) is 13.5 Å². The average molecular weight is 194 g/mol. The first-order valence-corrected chi connectivity index (χ1v) is 4.29. The van der Waals surface area contributed by atoms with E-state index in [1.54, 1.807) is 36.7 Å². The maximum absolute atomic E-state index is 8.31. The molecule has 1 atom stereocenters. The molecule has 0 bridgehead atoms. The van der Waals surface area contributed by atoms with Crippen LogP contribution in [0.25, 0.3) is 0 Å². The number of rotatable bonds is 4. The molecule has 14 heavy (non-hydrogen) atoms. The van der Waals surface area contributed by atoms with Gasteiger partial charge < -0.3 is 0 Å². The molecule has 0 saturated carbocycles. The molecule has 0 fully saturated rings. The number of hydrogen-bond donors (Lipinski definition) is 0. The Bertz CT molecular complexity index is 525. The Balaban J connectivity index is 3.21. The molecule has 1 heteroatoms. The lowest BCUT2D eigenvalue weighted by Gasteiger charge is -2.22. The summed E-state index contributed by atoms with van der Waals surface area (Å²) in [5.74, 6) is 1.92. The zero-order chi connectivity index (χ0) is 16.3. The molecular formula is C13H17N. The van der Waals surface area contributed by atoms with Crippen molar-refractivity contribution in [2.24, 2.45) is 0 Å². The van der Waals surface area contributed by atoms with Crippen LogP contribution in [0.2, 0.25) is 0 Å². The standard InChI is InChI=1S/C13H17N/c1-4-10-14(3)12(2)11-13-8-6-5-7-9-13/h1,5-9,12H,10-11H2,2-3H3/t12-/m0/s1/i1D,3D3,10D2,12D. The van der Waals surface area contributed by atoms with E-state index >= 15 is 0 Å². The number of likely N-dealkylation sites (N-methyl/N-ethyl adjacent to an activating group) is 1. The van der Waals surface area contributed by atoms with E-state index in [9.17, 15) is 0 Å². The van der Waals surface area contributed by atoms with Gasteiger partial charge in [-0.2, -0.15) is 0 Å². The highest BCUT2D eigenvalue weighted by Gasteiger charge is 2.07. The quantitative estimate of drug-likeness (QED) is 0.664. The van der Waals surface area contributed by atoms with E-state index in [2.05, 4.69) is 0 Å². The van der Waals surface area contributed by atoms with Crippen LogP contribution >= 0.6 is 0 Å². The van der Waals surface area contributed by atoms with Crippen LogP contribution < -0.4 is 0 Å². The fourth-order valence-electron chi connectivity index (χ4n) is 1.12. The van der Waals surface area contributed by atoms with Crippen LogP contribution in [0.3, 0.4) is 0 Å². The van der Waals surface area contributed by atoms with E-state index < -0.39 is 19.5 Å². The molecule has 0 aliphatic carbocycles. The third kappa shape index (κ3) is 3.24. The summed E-state index contributed by atoms with van der Waals surface area (Å²) in [6, 6.07) is 7.08. The first kappa shape index (κ1) is 4.51. The zero-order valence-electron chi connectivity index (χ0n) is 15.0. The van der Waals surface area contributed by atoms with Crippen molar-refractivity contribution in [2.45, 2.75) is 19.4 Å². The van der Waals surface area contributed by atoms with Gasteiger partial charge in [0.05, 0.1) is 9.24 Å². The topological polar surface area (TPSA) is 3.24 Å². The van der Waals surface area contributed by atoms with Gasteiger partial charge in [0.15, 0.2) is 0 Å². The van der Waals surface area contributed by atoms with Crippen molar-refractivity contribution < 1.29 is 9.60 Å². The number of benzene rings is 1. The van der Waals surface area contributed by atoms with Crippen LogP contribution in [-0.4, -0.2) is 24.4 Å². The minimum absolute atomic E-state index is 0.0193. The Hall–Kier alpha value is -1.26. The highest BCUT2D eigenvalue weighted by molar-refractivity contribution is 5.15. The SMILES string of the molecule is [2H]C#CC([2H])([2H])N(C([2H])([2H])[2H])[C@@]([2H])(C)Cc1ccccc1. The Morgan fingerprint density at radius 1 is 1.71 bits per heavy atom. The zero-order valence-corrected chi connectivity index (χ0v) is 8.04. The summed E-state index contributed by atoms with van der Waals surface area (Å²) in [4.78, 5) is 0.432. The second-order valence-electron chi connectivity index (χ2n) is 2.97. The third-order valence-corrected chi connectivity index (χ3v) is 1.85. The molecule has 0 radical (unpaired) electrons. The molecule has 1 rings (SSSR count). The van der Waals surface area contributed by atoms with Crippen LogP contribution in [-0.2, 0) is 6.42 Å². The van der Waals surface area contributed by atoms with Gasteiger partial charge in [-0.3, -0.25) is 4.90 Å². The molecule has 1 nitrogen and oxygen atoms in total.